The maximum atomic E-state index is 11.5. The zero-order valence-corrected chi connectivity index (χ0v) is 11.3. The second-order valence-electron chi connectivity index (χ2n) is 2.67. The Balaban J connectivity index is 3.07. The Morgan fingerprint density at radius 2 is 1.94 bits per heavy atom. The van der Waals surface area contributed by atoms with E-state index >= 15 is 0 Å². The average molecular weight is 305 g/mol. The monoisotopic (exact) mass is 304 g/mol. The Kier molecular flexibility index (Phi) is 4.79. The molecule has 1 unspecified atom stereocenters. The van der Waals surface area contributed by atoms with Crippen LogP contribution in [0.4, 0.5) is 0 Å². The van der Waals surface area contributed by atoms with Gasteiger partial charge in [0, 0.05) is 11.7 Å². The van der Waals surface area contributed by atoms with Crippen molar-refractivity contribution in [1.29, 1.82) is 0 Å². The lowest BCUT2D eigenvalue weighted by Gasteiger charge is -2.05. The highest BCUT2D eigenvalue weighted by atomic mass is 35.5. The average Bonchev–Trinajstić information content (AvgIpc) is 2.19. The summed E-state index contributed by atoms with van der Waals surface area (Å²) in [6.45, 7) is 1.18. The van der Waals surface area contributed by atoms with E-state index < -0.39 is 18.1 Å². The van der Waals surface area contributed by atoms with E-state index in [1.54, 1.807) is 0 Å². The first-order chi connectivity index (χ1) is 7.33. The Labute approximate surface area is 103 Å². The van der Waals surface area contributed by atoms with Gasteiger partial charge in [-0.15, -0.1) is 0 Å². The predicted molar refractivity (Wildman–Crippen MR) is 60.7 cm³/mol. The van der Waals surface area contributed by atoms with Crippen LogP contribution in [0, 0.1) is 0 Å². The van der Waals surface area contributed by atoms with E-state index in [0.29, 0.717) is 0 Å². The van der Waals surface area contributed by atoms with Crippen LogP contribution >= 0.6 is 31.2 Å². The summed E-state index contributed by atoms with van der Waals surface area (Å²) in [5, 5.41) is 0.111. The maximum absolute atomic E-state index is 11.5. The summed E-state index contributed by atoms with van der Waals surface area (Å²) < 4.78 is 41.8. The highest BCUT2D eigenvalue weighted by Crippen LogP contribution is 2.28. The van der Waals surface area contributed by atoms with Gasteiger partial charge in [0.05, 0.1) is 5.02 Å². The molecule has 0 saturated heterocycles. The zero-order valence-electron chi connectivity index (χ0n) is 7.94. The van der Waals surface area contributed by atoms with Gasteiger partial charge in [0.1, 0.15) is 4.90 Å². The van der Waals surface area contributed by atoms with E-state index in [4.69, 9.17) is 23.2 Å². The summed E-state index contributed by atoms with van der Waals surface area (Å²) in [7, 11) is -6.75. The van der Waals surface area contributed by atoms with Crippen molar-refractivity contribution in [2.24, 2.45) is 0 Å². The van der Waals surface area contributed by atoms with Gasteiger partial charge in [-0.25, -0.2) is 0 Å². The number of benzene rings is 1. The quantitative estimate of drug-likeness (QED) is 0.486. The third kappa shape index (κ3) is 3.73. The van der Waals surface area contributed by atoms with E-state index in [9.17, 15) is 13.0 Å². The molecule has 0 amide bonds. The van der Waals surface area contributed by atoms with Crippen molar-refractivity contribution >= 4 is 41.3 Å². The molecular formula is C7H7Cl2O5PS. The summed E-state index contributed by atoms with van der Waals surface area (Å²) in [5.41, 5.74) is 0. The molecule has 0 heterocycles. The molecule has 1 rings (SSSR count). The molecule has 0 spiro atoms. The summed E-state index contributed by atoms with van der Waals surface area (Å²) in [5.74, 6) is 0. The SMILES string of the molecule is C[PH](=O)OOS(=O)(=O)c1cc(Cl)ccc1Cl. The topological polar surface area (TPSA) is 69.7 Å². The lowest BCUT2D eigenvalue weighted by atomic mass is 10.4. The van der Waals surface area contributed by atoms with Crippen LogP contribution in [0.25, 0.3) is 0 Å². The summed E-state index contributed by atoms with van der Waals surface area (Å²) in [4.78, 5) is -0.343. The fourth-order valence-corrected chi connectivity index (χ4v) is 2.83. The molecule has 90 valence electrons. The lowest BCUT2D eigenvalue weighted by Crippen LogP contribution is -2.05. The standard InChI is InChI=1S/C7H7Cl2O5PS/c1-15(10)13-14-16(11,12)7-4-5(8)2-3-6(7)9/h2-4,15H,1H3. The van der Waals surface area contributed by atoms with Crippen molar-refractivity contribution < 1.29 is 22.0 Å². The fourth-order valence-electron chi connectivity index (χ4n) is 0.798. The first-order valence-corrected chi connectivity index (χ1v) is 7.88. The molecule has 1 aromatic carbocycles. The Bertz CT molecular complexity index is 516. The highest BCUT2D eigenvalue weighted by Gasteiger charge is 2.21. The highest BCUT2D eigenvalue weighted by molar-refractivity contribution is 7.86. The summed E-state index contributed by atoms with van der Waals surface area (Å²) >= 11 is 11.3. The number of rotatable bonds is 4. The molecule has 1 atom stereocenters. The molecule has 9 heteroatoms. The molecule has 5 nitrogen and oxygen atoms in total. The normalized spacial score (nSPS) is 13.7. The van der Waals surface area contributed by atoms with Crippen LogP contribution in [-0.4, -0.2) is 15.1 Å². The molecule has 16 heavy (non-hydrogen) atoms. The van der Waals surface area contributed by atoms with Crippen LogP contribution in [0.1, 0.15) is 0 Å². The van der Waals surface area contributed by atoms with Crippen LogP contribution in [0.5, 0.6) is 0 Å². The van der Waals surface area contributed by atoms with Crippen molar-refractivity contribution in [2.75, 3.05) is 6.66 Å². The van der Waals surface area contributed by atoms with E-state index in [1.807, 2.05) is 0 Å². The minimum Gasteiger partial charge on any atom is -0.294 e. The molecule has 0 fully saturated rings. The van der Waals surface area contributed by atoms with Gasteiger partial charge in [0.25, 0.3) is 0 Å². The maximum Gasteiger partial charge on any atom is 0.325 e. The van der Waals surface area contributed by atoms with Crippen molar-refractivity contribution in [2.45, 2.75) is 4.90 Å². The van der Waals surface area contributed by atoms with Crippen molar-refractivity contribution in [3.63, 3.8) is 0 Å². The smallest absolute Gasteiger partial charge is 0.294 e. The van der Waals surface area contributed by atoms with Gasteiger partial charge < -0.3 is 0 Å². The van der Waals surface area contributed by atoms with Crippen LogP contribution in [-0.2, 0) is 23.7 Å². The number of hydrogen-bond donors (Lipinski definition) is 0. The zero-order chi connectivity index (χ0) is 12.3. The molecule has 0 aromatic heterocycles. The predicted octanol–water partition coefficient (Wildman–Crippen LogP) is 2.73. The molecule has 0 aliphatic heterocycles. The minimum atomic E-state index is -4.22. The van der Waals surface area contributed by atoms with E-state index in [2.05, 4.69) is 9.01 Å². The van der Waals surface area contributed by atoms with Crippen molar-refractivity contribution in [3.8, 4) is 0 Å². The molecule has 0 aliphatic rings. The van der Waals surface area contributed by atoms with Gasteiger partial charge in [-0.2, -0.15) is 13.1 Å². The molecule has 0 N–H and O–H groups in total. The largest absolute Gasteiger partial charge is 0.325 e. The van der Waals surface area contributed by atoms with Gasteiger partial charge in [0.2, 0.25) is 8.03 Å². The molecule has 0 saturated carbocycles. The lowest BCUT2D eigenvalue weighted by molar-refractivity contribution is -0.0833. The fraction of sp³-hybridized carbons (Fsp3) is 0.143. The van der Waals surface area contributed by atoms with Gasteiger partial charge in [0.15, 0.2) is 0 Å². The van der Waals surface area contributed by atoms with Crippen LogP contribution < -0.4 is 0 Å². The molecule has 1 aromatic rings. The van der Waals surface area contributed by atoms with E-state index in [0.717, 1.165) is 6.07 Å². The number of halogens is 2. The van der Waals surface area contributed by atoms with Crippen LogP contribution in [0.2, 0.25) is 10.0 Å². The molecule has 0 bridgehead atoms. The second kappa shape index (κ2) is 5.49. The molecular weight excluding hydrogens is 298 g/mol. The Hall–Kier alpha value is -0.100. The van der Waals surface area contributed by atoms with Gasteiger partial charge >= 0.3 is 10.1 Å². The molecule has 0 aliphatic carbocycles. The van der Waals surface area contributed by atoms with Gasteiger partial charge in [-0.05, 0) is 18.2 Å². The van der Waals surface area contributed by atoms with Gasteiger partial charge in [-0.1, -0.05) is 27.5 Å². The van der Waals surface area contributed by atoms with E-state index in [-0.39, 0.29) is 14.9 Å². The summed E-state index contributed by atoms with van der Waals surface area (Å²) in [6.07, 6.45) is 0. The first-order valence-electron chi connectivity index (χ1n) is 3.90. The summed E-state index contributed by atoms with van der Waals surface area (Å²) in [6, 6.07) is 3.83. The van der Waals surface area contributed by atoms with E-state index in [1.165, 1.54) is 18.8 Å². The van der Waals surface area contributed by atoms with Crippen molar-refractivity contribution in [3.05, 3.63) is 28.2 Å². The Morgan fingerprint density at radius 3 is 2.50 bits per heavy atom. The third-order valence-electron chi connectivity index (χ3n) is 1.40. The number of hydrogen-bond acceptors (Lipinski definition) is 5. The van der Waals surface area contributed by atoms with Gasteiger partial charge in [-0.3, -0.25) is 4.57 Å². The Morgan fingerprint density at radius 1 is 1.31 bits per heavy atom. The van der Waals surface area contributed by atoms with Crippen LogP contribution in [0.15, 0.2) is 23.1 Å². The third-order valence-corrected chi connectivity index (χ3v) is 3.64. The first kappa shape index (κ1) is 14.0. The van der Waals surface area contributed by atoms with Crippen LogP contribution in [0.3, 0.4) is 0 Å². The molecule has 0 radical (unpaired) electrons. The van der Waals surface area contributed by atoms with Crippen molar-refractivity contribution in [1.82, 2.24) is 0 Å². The minimum absolute atomic E-state index is 0.0659. The second-order valence-corrected chi connectivity index (χ2v) is 6.15.